The highest BCUT2D eigenvalue weighted by Gasteiger charge is 2.34. The van der Waals surface area contributed by atoms with Gasteiger partial charge in [0.1, 0.15) is 17.6 Å². The Morgan fingerprint density at radius 2 is 1.51 bits per heavy atom. The summed E-state index contributed by atoms with van der Waals surface area (Å²) in [5.74, 6) is 1.29. The van der Waals surface area contributed by atoms with E-state index >= 15 is 0 Å². The smallest absolute Gasteiger partial charge is 0.333 e. The van der Waals surface area contributed by atoms with Crippen LogP contribution in [0.2, 0.25) is 0 Å². The molecule has 2 aliphatic heterocycles. The summed E-state index contributed by atoms with van der Waals surface area (Å²) < 4.78 is 70.5. The molecule has 0 N–H and O–H groups in total. The van der Waals surface area contributed by atoms with Crippen molar-refractivity contribution >= 4 is 37.5 Å². The summed E-state index contributed by atoms with van der Waals surface area (Å²) in [5, 5.41) is 1.61. The zero-order valence-electron chi connectivity index (χ0n) is 39.0. The maximum atomic E-state index is 14.7. The molecule has 1 fully saturated rings. The molecule has 1 saturated heterocycles. The summed E-state index contributed by atoms with van der Waals surface area (Å²) in [6.07, 6.45) is 8.07. The number of sulfone groups is 1. The first kappa shape index (κ1) is 47.7. The molecular weight excluding hydrogens is 851 g/mol. The van der Waals surface area contributed by atoms with E-state index in [1.807, 2.05) is 50.2 Å². The lowest BCUT2D eigenvalue weighted by atomic mass is 9.90. The number of nitrogens with zero attached hydrogens (tertiary/aromatic N) is 1. The highest BCUT2D eigenvalue weighted by molar-refractivity contribution is 7.91. The summed E-state index contributed by atoms with van der Waals surface area (Å²) in [7, 11) is -7.46. The van der Waals surface area contributed by atoms with E-state index in [1.54, 1.807) is 31.2 Å². The van der Waals surface area contributed by atoms with Crippen LogP contribution in [0.15, 0.2) is 113 Å². The van der Waals surface area contributed by atoms with Gasteiger partial charge in [-0.15, -0.1) is 0 Å². The van der Waals surface area contributed by atoms with Crippen molar-refractivity contribution < 1.29 is 31.1 Å². The number of piperidine rings is 1. The minimum atomic E-state index is -4.00. The van der Waals surface area contributed by atoms with Gasteiger partial charge in [-0.05, 0) is 153 Å². The Bertz CT molecular complexity index is 2940. The maximum absolute atomic E-state index is 14.7. The Balaban J connectivity index is 1.30. The number of esters is 1. The molecule has 0 aromatic heterocycles. The van der Waals surface area contributed by atoms with Gasteiger partial charge in [0.2, 0.25) is 10.0 Å². The normalized spacial score (nSPS) is 15.2. The van der Waals surface area contributed by atoms with E-state index in [-0.39, 0.29) is 29.8 Å². The fraction of sp³-hybridized carbons (Fsp3) is 0.364. The molecule has 5 aromatic rings. The van der Waals surface area contributed by atoms with Crippen molar-refractivity contribution in [1.29, 1.82) is 0 Å². The van der Waals surface area contributed by atoms with E-state index in [0.29, 0.717) is 59.1 Å². The Morgan fingerprint density at radius 3 is 2.17 bits per heavy atom. The van der Waals surface area contributed by atoms with Gasteiger partial charge in [0.05, 0.1) is 15.5 Å². The molecule has 0 spiro atoms. The topological polar surface area (TPSA) is 107 Å². The Labute approximate surface area is 386 Å². The number of fused-ring (bicyclic) bond motifs is 2. The number of unbranched alkanes of at least 4 members (excludes halogenated alkanes) is 1. The standard InChI is InChI=1S/C55H63NO7S2/c1-9-11-17-41(10-2)26-29-64(58,59)45-30-39(7)50(40(8)31-45)33-43-21-23-47-52(35-43)63-51-34-42(32-49-37(5)15-14-16-38(49)6)20-22-46(51)54(47)48-18-12-13-19-53(48)65(60,61)56-27-24-44(25-28-56)62-55(57)36(3)4/h12-16,18-23,30-31,33-35,41,44H,3,9-11,17,24-29,32H2,1-2,4-8H3/b43-33+. The third kappa shape index (κ3) is 10.6. The molecule has 0 amide bonds. The summed E-state index contributed by atoms with van der Waals surface area (Å²) in [4.78, 5) is 12.8. The molecule has 1 atom stereocenters. The monoisotopic (exact) mass is 913 g/mol. The molecule has 5 aromatic carbocycles. The van der Waals surface area contributed by atoms with Crippen LogP contribution < -0.4 is 15.2 Å². The molecule has 0 saturated carbocycles. The highest BCUT2D eigenvalue weighted by atomic mass is 32.2. The number of hydrogen-bond acceptors (Lipinski definition) is 7. The third-order valence-corrected chi connectivity index (χ3v) is 16.9. The number of ether oxygens (including phenoxy) is 2. The molecule has 0 radical (unpaired) electrons. The lowest BCUT2D eigenvalue weighted by Crippen LogP contribution is -2.41. The van der Waals surface area contributed by atoms with E-state index in [0.717, 1.165) is 69.5 Å². The number of benzene rings is 5. The lowest BCUT2D eigenvalue weighted by Gasteiger charge is -2.32. The average Bonchev–Trinajstić information content (AvgIpc) is 3.28. The van der Waals surface area contributed by atoms with E-state index < -0.39 is 25.8 Å². The second-order valence-corrected chi connectivity index (χ2v) is 22.1. The molecule has 1 unspecified atom stereocenters. The van der Waals surface area contributed by atoms with E-state index in [2.05, 4.69) is 70.7 Å². The average molecular weight is 914 g/mol. The summed E-state index contributed by atoms with van der Waals surface area (Å²) in [5.41, 5.74) is 9.81. The molecule has 2 aliphatic rings. The zero-order chi connectivity index (χ0) is 46.6. The van der Waals surface area contributed by atoms with Gasteiger partial charge in [-0.25, -0.2) is 21.6 Å². The molecule has 0 aliphatic carbocycles. The van der Waals surface area contributed by atoms with E-state index in [4.69, 9.17) is 9.47 Å². The van der Waals surface area contributed by atoms with Gasteiger partial charge >= 0.3 is 5.97 Å². The predicted octanol–water partition coefficient (Wildman–Crippen LogP) is 10.3. The molecule has 65 heavy (non-hydrogen) atoms. The highest BCUT2D eigenvalue weighted by Crippen LogP contribution is 2.40. The number of carbonyl (C=O) groups excluding carboxylic acids is 1. The van der Waals surface area contributed by atoms with Crippen LogP contribution in [-0.2, 0) is 35.8 Å². The van der Waals surface area contributed by atoms with Gasteiger partial charge in [0, 0.05) is 40.6 Å². The molecule has 8 nitrogen and oxygen atoms in total. The van der Waals surface area contributed by atoms with Gasteiger partial charge in [-0.3, -0.25) is 0 Å². The number of aryl methyl sites for hydroxylation is 4. The van der Waals surface area contributed by atoms with Gasteiger partial charge < -0.3 is 9.47 Å². The molecule has 0 bridgehead atoms. The quantitative estimate of drug-likeness (QED) is 0.0703. The maximum Gasteiger partial charge on any atom is 0.333 e. The van der Waals surface area contributed by atoms with Crippen LogP contribution in [0.1, 0.15) is 116 Å². The summed E-state index contributed by atoms with van der Waals surface area (Å²) >= 11 is 0. The van der Waals surface area contributed by atoms with Crippen molar-refractivity contribution in [2.75, 3.05) is 18.8 Å². The van der Waals surface area contributed by atoms with Crippen molar-refractivity contribution in [3.63, 3.8) is 0 Å². The SMILES string of the molecule is C=C(C)C(=O)OC1CCN(S(=O)(=O)c2ccccc2C2=c3cc/c(=C\c4c(C)cc(S(=O)(=O)CCC(CC)CCCC)cc4C)cc3Oc3cc(Cc4c(C)cccc4C)ccc32)CC1. The van der Waals surface area contributed by atoms with Crippen LogP contribution in [0, 0.1) is 33.6 Å². The minimum Gasteiger partial charge on any atom is -0.459 e. The van der Waals surface area contributed by atoms with Crippen molar-refractivity contribution in [3.8, 4) is 11.5 Å². The Hall–Kier alpha value is -5.29. The first-order valence-corrected chi connectivity index (χ1v) is 26.1. The van der Waals surface area contributed by atoms with Gasteiger partial charge in [0.15, 0.2) is 9.84 Å². The minimum absolute atomic E-state index is 0.141. The third-order valence-electron chi connectivity index (χ3n) is 13.2. The molecular formula is C55H63NO7S2. The van der Waals surface area contributed by atoms with Crippen LogP contribution in [-0.4, -0.2) is 52.1 Å². The molecule has 10 heteroatoms. The lowest BCUT2D eigenvalue weighted by molar-refractivity contribution is -0.145. The van der Waals surface area contributed by atoms with Gasteiger partial charge in [-0.1, -0.05) is 101 Å². The zero-order valence-corrected chi connectivity index (χ0v) is 40.6. The van der Waals surface area contributed by atoms with Crippen molar-refractivity contribution in [1.82, 2.24) is 4.31 Å². The van der Waals surface area contributed by atoms with Crippen LogP contribution in [0.5, 0.6) is 11.5 Å². The Kier molecular flexibility index (Phi) is 14.7. The van der Waals surface area contributed by atoms with E-state index in [1.165, 1.54) is 21.0 Å². The predicted molar refractivity (Wildman–Crippen MR) is 261 cm³/mol. The Morgan fingerprint density at radius 1 is 0.815 bits per heavy atom. The van der Waals surface area contributed by atoms with Crippen LogP contribution in [0.25, 0.3) is 11.6 Å². The molecule has 2 heterocycles. The van der Waals surface area contributed by atoms with Crippen molar-refractivity contribution in [3.05, 3.63) is 164 Å². The number of rotatable bonds is 16. The molecule has 342 valence electrons. The van der Waals surface area contributed by atoms with Crippen LogP contribution in [0.4, 0.5) is 0 Å². The summed E-state index contributed by atoms with van der Waals surface area (Å²) in [6, 6.07) is 29.2. The first-order valence-electron chi connectivity index (χ1n) is 23.0. The fourth-order valence-corrected chi connectivity index (χ4v) is 12.5. The van der Waals surface area contributed by atoms with Crippen molar-refractivity contribution in [2.45, 2.75) is 116 Å². The van der Waals surface area contributed by atoms with Gasteiger partial charge in [-0.2, -0.15) is 4.31 Å². The second-order valence-electron chi connectivity index (χ2n) is 18.0. The van der Waals surface area contributed by atoms with Crippen LogP contribution in [0.3, 0.4) is 0 Å². The van der Waals surface area contributed by atoms with Crippen molar-refractivity contribution in [2.24, 2.45) is 5.92 Å². The molecule has 7 rings (SSSR count). The number of hydrogen-bond donors (Lipinski definition) is 0. The fourth-order valence-electron chi connectivity index (χ4n) is 9.25. The van der Waals surface area contributed by atoms with Gasteiger partial charge in [0.25, 0.3) is 0 Å². The number of carbonyl (C=O) groups is 1. The first-order chi connectivity index (χ1) is 31.0. The van der Waals surface area contributed by atoms with E-state index in [9.17, 15) is 21.6 Å². The number of sulfonamides is 1. The largest absolute Gasteiger partial charge is 0.459 e. The summed E-state index contributed by atoms with van der Waals surface area (Å²) in [6.45, 7) is 18.2. The second kappa shape index (κ2) is 20.1. The van der Waals surface area contributed by atoms with Crippen LogP contribution >= 0.6 is 0 Å².